The van der Waals surface area contributed by atoms with Crippen LogP contribution in [0, 0.1) is 0 Å². The van der Waals surface area contributed by atoms with Crippen molar-refractivity contribution < 1.29 is 5.11 Å². The van der Waals surface area contributed by atoms with Crippen LogP contribution in [0.5, 0.6) is 0 Å². The predicted octanol–water partition coefficient (Wildman–Crippen LogP) is 1.97. The summed E-state index contributed by atoms with van der Waals surface area (Å²) >= 11 is 5.75. The highest BCUT2D eigenvalue weighted by molar-refractivity contribution is 6.30. The van der Waals surface area contributed by atoms with Gasteiger partial charge < -0.3 is 5.11 Å². The molecule has 2 aromatic heterocycles. The Hall–Kier alpha value is -1.39. The molecular weight excluding hydrogens is 214 g/mol. The van der Waals surface area contributed by atoms with Crippen molar-refractivity contribution in [3.8, 4) is 5.82 Å². The highest BCUT2D eigenvalue weighted by Gasteiger charge is 2.04. The largest absolute Gasteiger partial charge is 0.389 e. The van der Waals surface area contributed by atoms with E-state index in [-0.39, 0.29) is 0 Å². The van der Waals surface area contributed by atoms with E-state index in [1.54, 1.807) is 36.1 Å². The predicted molar refractivity (Wildman–Crippen MR) is 57.0 cm³/mol. The van der Waals surface area contributed by atoms with Crippen LogP contribution in [0.4, 0.5) is 0 Å². The van der Waals surface area contributed by atoms with E-state index in [1.165, 1.54) is 6.20 Å². The Labute approximate surface area is 92.1 Å². The second-order valence-electron chi connectivity index (χ2n) is 3.23. The van der Waals surface area contributed by atoms with Gasteiger partial charge in [-0.15, -0.1) is 0 Å². The quantitative estimate of drug-likeness (QED) is 0.847. The van der Waals surface area contributed by atoms with Crippen molar-refractivity contribution in [2.75, 3.05) is 0 Å². The van der Waals surface area contributed by atoms with Gasteiger partial charge in [0.1, 0.15) is 0 Å². The van der Waals surface area contributed by atoms with Crippen molar-refractivity contribution in [2.45, 2.75) is 13.0 Å². The van der Waals surface area contributed by atoms with Gasteiger partial charge in [0.2, 0.25) is 0 Å². The molecule has 1 unspecified atom stereocenters. The zero-order chi connectivity index (χ0) is 10.8. The average Bonchev–Trinajstić information content (AvgIpc) is 2.65. The zero-order valence-electron chi connectivity index (χ0n) is 8.13. The molecule has 4 nitrogen and oxygen atoms in total. The summed E-state index contributed by atoms with van der Waals surface area (Å²) in [4.78, 5) is 4.14. The summed E-state index contributed by atoms with van der Waals surface area (Å²) in [5.74, 6) is 0.639. The van der Waals surface area contributed by atoms with E-state index in [0.717, 1.165) is 5.56 Å². The van der Waals surface area contributed by atoms with Crippen molar-refractivity contribution in [1.82, 2.24) is 14.8 Å². The summed E-state index contributed by atoms with van der Waals surface area (Å²) < 4.78 is 1.56. The number of pyridine rings is 1. The minimum absolute atomic E-state index is 0.516. The number of hydrogen-bond donors (Lipinski definition) is 1. The lowest BCUT2D eigenvalue weighted by atomic mass is 10.2. The van der Waals surface area contributed by atoms with Gasteiger partial charge in [-0.3, -0.25) is 0 Å². The molecule has 0 saturated heterocycles. The highest BCUT2D eigenvalue weighted by Crippen LogP contribution is 2.15. The molecule has 1 N–H and O–H groups in total. The molecule has 0 aliphatic carbocycles. The molecule has 0 aromatic carbocycles. The van der Waals surface area contributed by atoms with Crippen LogP contribution >= 0.6 is 11.6 Å². The van der Waals surface area contributed by atoms with Crippen LogP contribution in [-0.2, 0) is 0 Å². The van der Waals surface area contributed by atoms with Gasteiger partial charge in [-0.1, -0.05) is 11.6 Å². The number of hydrogen-bond acceptors (Lipinski definition) is 3. The Balaban J connectivity index is 2.41. The first kappa shape index (κ1) is 10.1. The van der Waals surface area contributed by atoms with Gasteiger partial charge in [0.15, 0.2) is 5.82 Å². The molecule has 0 fully saturated rings. The fourth-order valence-corrected chi connectivity index (χ4v) is 1.38. The van der Waals surface area contributed by atoms with E-state index in [1.807, 2.05) is 0 Å². The normalized spacial score (nSPS) is 12.7. The van der Waals surface area contributed by atoms with E-state index in [9.17, 15) is 5.11 Å². The molecule has 0 amide bonds. The fraction of sp³-hybridized carbons (Fsp3) is 0.200. The van der Waals surface area contributed by atoms with Gasteiger partial charge >= 0.3 is 0 Å². The third-order valence-electron chi connectivity index (χ3n) is 2.04. The maximum Gasteiger partial charge on any atom is 0.153 e. The molecule has 2 heterocycles. The molecule has 2 rings (SSSR count). The van der Waals surface area contributed by atoms with Crippen molar-refractivity contribution in [3.05, 3.63) is 41.3 Å². The lowest BCUT2D eigenvalue weighted by Crippen LogP contribution is -2.00. The Kier molecular flexibility index (Phi) is 2.70. The van der Waals surface area contributed by atoms with Crippen molar-refractivity contribution in [2.24, 2.45) is 0 Å². The van der Waals surface area contributed by atoms with Crippen molar-refractivity contribution in [1.29, 1.82) is 0 Å². The van der Waals surface area contributed by atoms with Gasteiger partial charge in [-0.25, -0.2) is 9.67 Å². The van der Waals surface area contributed by atoms with Crippen LogP contribution in [0.3, 0.4) is 0 Å². The first-order chi connectivity index (χ1) is 7.16. The number of aliphatic hydroxyl groups excluding tert-OH is 1. The molecule has 0 aliphatic rings. The van der Waals surface area contributed by atoms with Gasteiger partial charge in [0.05, 0.1) is 23.5 Å². The molecule has 2 aromatic rings. The van der Waals surface area contributed by atoms with E-state index >= 15 is 0 Å². The molecule has 0 aliphatic heterocycles. The standard InChI is InChI=1S/C10H10ClN3O/c1-7(15)8-2-3-12-10(4-8)14-6-9(11)5-13-14/h2-7,15H,1H3. The molecular formula is C10H10ClN3O. The van der Waals surface area contributed by atoms with E-state index in [2.05, 4.69) is 10.1 Å². The lowest BCUT2D eigenvalue weighted by molar-refractivity contribution is 0.199. The molecule has 0 spiro atoms. The molecule has 1 atom stereocenters. The number of nitrogens with zero attached hydrogens (tertiary/aromatic N) is 3. The van der Waals surface area contributed by atoms with Crippen molar-refractivity contribution >= 4 is 11.6 Å². The van der Waals surface area contributed by atoms with Crippen LogP contribution in [0.1, 0.15) is 18.6 Å². The first-order valence-electron chi connectivity index (χ1n) is 4.51. The lowest BCUT2D eigenvalue weighted by Gasteiger charge is -2.06. The Morgan fingerprint density at radius 2 is 2.33 bits per heavy atom. The van der Waals surface area contributed by atoms with Gasteiger partial charge in [-0.05, 0) is 24.6 Å². The third kappa shape index (κ3) is 2.16. The van der Waals surface area contributed by atoms with E-state index < -0.39 is 6.10 Å². The van der Waals surface area contributed by atoms with Crippen LogP contribution in [0.2, 0.25) is 5.02 Å². The van der Waals surface area contributed by atoms with Crippen molar-refractivity contribution in [3.63, 3.8) is 0 Å². The van der Waals surface area contributed by atoms with Gasteiger partial charge in [-0.2, -0.15) is 5.10 Å². The average molecular weight is 224 g/mol. The summed E-state index contributed by atoms with van der Waals surface area (Å²) in [7, 11) is 0. The maximum atomic E-state index is 9.42. The number of aliphatic hydroxyl groups is 1. The molecule has 0 saturated carbocycles. The number of rotatable bonds is 2. The SMILES string of the molecule is CC(O)c1ccnc(-n2cc(Cl)cn2)c1. The fourth-order valence-electron chi connectivity index (χ4n) is 1.25. The second kappa shape index (κ2) is 4.00. The van der Waals surface area contributed by atoms with Gasteiger partial charge in [0.25, 0.3) is 0 Å². The molecule has 78 valence electrons. The summed E-state index contributed by atoms with van der Waals surface area (Å²) in [6.07, 6.45) is 4.32. The maximum absolute atomic E-state index is 9.42. The molecule has 15 heavy (non-hydrogen) atoms. The minimum Gasteiger partial charge on any atom is -0.389 e. The summed E-state index contributed by atoms with van der Waals surface area (Å²) in [5, 5.41) is 14.0. The Morgan fingerprint density at radius 3 is 2.93 bits per heavy atom. The number of halogens is 1. The first-order valence-corrected chi connectivity index (χ1v) is 4.89. The van der Waals surface area contributed by atoms with Crippen LogP contribution in [-0.4, -0.2) is 19.9 Å². The minimum atomic E-state index is -0.516. The topological polar surface area (TPSA) is 50.9 Å². The smallest absolute Gasteiger partial charge is 0.153 e. The Bertz CT molecular complexity index is 467. The molecule has 5 heteroatoms. The van der Waals surface area contributed by atoms with Gasteiger partial charge in [0, 0.05) is 6.20 Å². The van der Waals surface area contributed by atoms with Crippen LogP contribution in [0.15, 0.2) is 30.7 Å². The van der Waals surface area contributed by atoms with E-state index in [4.69, 9.17) is 11.6 Å². The zero-order valence-corrected chi connectivity index (χ0v) is 8.89. The molecule has 0 radical (unpaired) electrons. The third-order valence-corrected chi connectivity index (χ3v) is 2.23. The molecule has 0 bridgehead atoms. The van der Waals surface area contributed by atoms with Crippen LogP contribution < -0.4 is 0 Å². The van der Waals surface area contributed by atoms with Crippen LogP contribution in [0.25, 0.3) is 5.82 Å². The highest BCUT2D eigenvalue weighted by atomic mass is 35.5. The summed E-state index contributed by atoms with van der Waals surface area (Å²) in [5.41, 5.74) is 0.798. The summed E-state index contributed by atoms with van der Waals surface area (Å²) in [6, 6.07) is 3.53. The summed E-state index contributed by atoms with van der Waals surface area (Å²) in [6.45, 7) is 1.70. The number of aromatic nitrogens is 3. The monoisotopic (exact) mass is 223 g/mol. The van der Waals surface area contributed by atoms with E-state index in [0.29, 0.717) is 10.8 Å². The second-order valence-corrected chi connectivity index (χ2v) is 3.66. The Morgan fingerprint density at radius 1 is 1.53 bits per heavy atom.